The van der Waals surface area contributed by atoms with Crippen molar-refractivity contribution >= 4 is 11.4 Å². The molecule has 1 nitrogen and oxygen atoms in total. The Hall–Kier alpha value is -1.63. The maximum absolute atomic E-state index is 12.1. The molecule has 84 valence electrons. The fourth-order valence-electron chi connectivity index (χ4n) is 3.89. The average Bonchev–Trinajstić information content (AvgIpc) is 3.03. The average molecular weight is 222 g/mol. The van der Waals surface area contributed by atoms with E-state index >= 15 is 0 Å². The summed E-state index contributed by atoms with van der Waals surface area (Å²) in [5, 5.41) is 0. The topological polar surface area (TPSA) is 17.1 Å². The van der Waals surface area contributed by atoms with Crippen LogP contribution in [-0.4, -0.2) is 5.78 Å². The van der Waals surface area contributed by atoms with Crippen molar-refractivity contribution in [2.45, 2.75) is 6.42 Å². The molecule has 0 spiro atoms. The lowest BCUT2D eigenvalue weighted by Crippen LogP contribution is -2.21. The van der Waals surface area contributed by atoms with E-state index in [0.29, 0.717) is 23.5 Å². The molecule has 0 amide bonds. The Bertz CT molecular complexity index is 538. The first kappa shape index (κ1) is 9.41. The Morgan fingerprint density at radius 2 is 1.65 bits per heavy atom. The van der Waals surface area contributed by atoms with Gasteiger partial charge in [-0.15, -0.1) is 0 Å². The number of allylic oxidation sites excluding steroid dienone is 4. The van der Waals surface area contributed by atoms with Gasteiger partial charge in [0.1, 0.15) is 0 Å². The second kappa shape index (κ2) is 3.19. The van der Waals surface area contributed by atoms with E-state index in [0.717, 1.165) is 0 Å². The molecule has 1 saturated carbocycles. The van der Waals surface area contributed by atoms with Gasteiger partial charge in [0, 0.05) is 11.8 Å². The van der Waals surface area contributed by atoms with Crippen molar-refractivity contribution in [1.29, 1.82) is 0 Å². The van der Waals surface area contributed by atoms with E-state index in [1.165, 1.54) is 17.6 Å². The van der Waals surface area contributed by atoms with Crippen molar-refractivity contribution in [2.75, 3.05) is 0 Å². The van der Waals surface area contributed by atoms with Crippen molar-refractivity contribution in [3.63, 3.8) is 0 Å². The summed E-state index contributed by atoms with van der Waals surface area (Å²) < 4.78 is 0. The number of benzene rings is 1. The monoisotopic (exact) mass is 222 g/mol. The molecule has 0 aliphatic heterocycles. The fourth-order valence-corrected chi connectivity index (χ4v) is 3.89. The van der Waals surface area contributed by atoms with Crippen LogP contribution in [0, 0.1) is 23.7 Å². The van der Waals surface area contributed by atoms with Crippen LogP contribution in [0.2, 0.25) is 0 Å². The van der Waals surface area contributed by atoms with E-state index in [2.05, 4.69) is 36.4 Å². The van der Waals surface area contributed by atoms with Gasteiger partial charge in [0.05, 0.1) is 0 Å². The summed E-state index contributed by atoms with van der Waals surface area (Å²) in [6.07, 6.45) is 7.66. The zero-order valence-corrected chi connectivity index (χ0v) is 9.54. The molecule has 1 heteroatoms. The SMILES string of the molecule is O=C1C=C(c2ccccc2)C2C3C=CC(C3)C12. The van der Waals surface area contributed by atoms with Gasteiger partial charge < -0.3 is 0 Å². The molecule has 4 unspecified atom stereocenters. The molecule has 1 aromatic rings. The first-order chi connectivity index (χ1) is 8.34. The van der Waals surface area contributed by atoms with Crippen LogP contribution in [0.1, 0.15) is 12.0 Å². The van der Waals surface area contributed by atoms with E-state index in [9.17, 15) is 4.79 Å². The fraction of sp³-hybridized carbons (Fsp3) is 0.312. The van der Waals surface area contributed by atoms with Crippen LogP contribution in [0.4, 0.5) is 0 Å². The molecule has 3 aliphatic rings. The Balaban J connectivity index is 1.81. The van der Waals surface area contributed by atoms with Gasteiger partial charge in [-0.2, -0.15) is 0 Å². The van der Waals surface area contributed by atoms with Gasteiger partial charge >= 0.3 is 0 Å². The van der Waals surface area contributed by atoms with Gasteiger partial charge in [0.15, 0.2) is 5.78 Å². The van der Waals surface area contributed by atoms with Crippen LogP contribution in [0.5, 0.6) is 0 Å². The third kappa shape index (κ3) is 1.17. The summed E-state index contributed by atoms with van der Waals surface area (Å²) in [5.41, 5.74) is 2.51. The highest BCUT2D eigenvalue weighted by Crippen LogP contribution is 2.56. The molecule has 17 heavy (non-hydrogen) atoms. The highest BCUT2D eigenvalue weighted by molar-refractivity contribution is 6.05. The predicted octanol–water partition coefficient (Wildman–Crippen LogP) is 3.09. The number of carbonyl (C=O) groups is 1. The van der Waals surface area contributed by atoms with E-state index < -0.39 is 0 Å². The van der Waals surface area contributed by atoms with Crippen LogP contribution in [0.15, 0.2) is 48.6 Å². The Morgan fingerprint density at radius 3 is 2.41 bits per heavy atom. The molecule has 3 aliphatic carbocycles. The molecule has 1 aromatic carbocycles. The number of carbonyl (C=O) groups excluding carboxylic acids is 1. The van der Waals surface area contributed by atoms with E-state index in [1.807, 2.05) is 12.1 Å². The zero-order valence-electron chi connectivity index (χ0n) is 9.54. The molecule has 4 atom stereocenters. The van der Waals surface area contributed by atoms with Crippen LogP contribution in [0.25, 0.3) is 5.57 Å². The lowest BCUT2D eigenvalue weighted by molar-refractivity contribution is -0.118. The van der Waals surface area contributed by atoms with E-state index in [-0.39, 0.29) is 5.92 Å². The summed E-state index contributed by atoms with van der Waals surface area (Å²) in [7, 11) is 0. The molecular weight excluding hydrogens is 208 g/mol. The lowest BCUT2D eigenvalue weighted by atomic mass is 9.80. The number of hydrogen-bond donors (Lipinski definition) is 0. The highest BCUT2D eigenvalue weighted by Gasteiger charge is 2.52. The summed E-state index contributed by atoms with van der Waals surface area (Å²) in [5.74, 6) is 2.17. The molecule has 0 aromatic heterocycles. The molecule has 4 rings (SSSR count). The minimum Gasteiger partial charge on any atom is -0.294 e. The quantitative estimate of drug-likeness (QED) is 0.667. The minimum absolute atomic E-state index is 0.250. The summed E-state index contributed by atoms with van der Waals surface area (Å²) >= 11 is 0. The summed E-state index contributed by atoms with van der Waals surface area (Å²) in [6.45, 7) is 0. The summed E-state index contributed by atoms with van der Waals surface area (Å²) in [6, 6.07) is 10.4. The molecule has 0 heterocycles. The van der Waals surface area contributed by atoms with Crippen LogP contribution in [-0.2, 0) is 4.79 Å². The number of fused-ring (bicyclic) bond motifs is 5. The molecule has 0 radical (unpaired) electrons. The molecule has 2 bridgehead atoms. The summed E-state index contributed by atoms with van der Waals surface area (Å²) in [4.78, 5) is 12.1. The van der Waals surface area contributed by atoms with Crippen molar-refractivity contribution in [3.8, 4) is 0 Å². The smallest absolute Gasteiger partial charge is 0.160 e. The molecule has 0 N–H and O–H groups in total. The van der Waals surface area contributed by atoms with Crippen LogP contribution >= 0.6 is 0 Å². The van der Waals surface area contributed by atoms with Gasteiger partial charge in [-0.05, 0) is 35.5 Å². The Labute approximate surface area is 101 Å². The van der Waals surface area contributed by atoms with Crippen molar-refractivity contribution < 1.29 is 4.79 Å². The van der Waals surface area contributed by atoms with E-state index in [1.54, 1.807) is 0 Å². The van der Waals surface area contributed by atoms with Gasteiger partial charge in [-0.1, -0.05) is 42.5 Å². The largest absolute Gasteiger partial charge is 0.294 e. The highest BCUT2D eigenvalue weighted by atomic mass is 16.1. The second-order valence-corrected chi connectivity index (χ2v) is 5.37. The normalized spacial score (nSPS) is 37.4. The zero-order chi connectivity index (χ0) is 11.4. The number of rotatable bonds is 1. The van der Waals surface area contributed by atoms with Gasteiger partial charge in [-0.3, -0.25) is 4.79 Å². The third-order valence-electron chi connectivity index (χ3n) is 4.55. The number of ketones is 1. The van der Waals surface area contributed by atoms with Crippen molar-refractivity contribution in [2.24, 2.45) is 23.7 Å². The Kier molecular flexibility index (Phi) is 1.77. The predicted molar refractivity (Wildman–Crippen MR) is 67.1 cm³/mol. The van der Waals surface area contributed by atoms with Crippen molar-refractivity contribution in [1.82, 2.24) is 0 Å². The van der Waals surface area contributed by atoms with Crippen LogP contribution < -0.4 is 0 Å². The van der Waals surface area contributed by atoms with Gasteiger partial charge in [-0.25, -0.2) is 0 Å². The van der Waals surface area contributed by atoms with E-state index in [4.69, 9.17) is 0 Å². The lowest BCUT2D eigenvalue weighted by Gasteiger charge is -2.22. The minimum atomic E-state index is 0.250. The van der Waals surface area contributed by atoms with Gasteiger partial charge in [0.25, 0.3) is 0 Å². The van der Waals surface area contributed by atoms with Gasteiger partial charge in [0.2, 0.25) is 0 Å². The standard InChI is InChI=1S/C16H14O/c17-14-9-13(10-4-2-1-3-5-10)15-11-6-7-12(8-11)16(14)15/h1-7,9,11-12,15-16H,8H2. The van der Waals surface area contributed by atoms with Crippen molar-refractivity contribution in [3.05, 3.63) is 54.1 Å². The molecular formula is C16H14O. The number of hydrogen-bond acceptors (Lipinski definition) is 1. The van der Waals surface area contributed by atoms with Crippen LogP contribution in [0.3, 0.4) is 0 Å². The third-order valence-corrected chi connectivity index (χ3v) is 4.55. The molecule has 1 fully saturated rings. The first-order valence-corrected chi connectivity index (χ1v) is 6.34. The molecule has 0 saturated heterocycles. The second-order valence-electron chi connectivity index (χ2n) is 5.37. The maximum Gasteiger partial charge on any atom is 0.160 e. The maximum atomic E-state index is 12.1. The first-order valence-electron chi connectivity index (χ1n) is 6.34. The Morgan fingerprint density at radius 1 is 0.941 bits per heavy atom.